The van der Waals surface area contributed by atoms with Gasteiger partial charge in [-0.1, -0.05) is 17.7 Å². The van der Waals surface area contributed by atoms with E-state index in [4.69, 9.17) is 0 Å². The number of hydrogen-bond acceptors (Lipinski definition) is 4. The number of carbonyl (C=O) groups is 1. The van der Waals surface area contributed by atoms with Gasteiger partial charge in [-0.2, -0.15) is 0 Å². The maximum atomic E-state index is 12.3. The zero-order valence-corrected chi connectivity index (χ0v) is 14.0. The number of nitro groups is 1. The fourth-order valence-electron chi connectivity index (χ4n) is 2.09. The van der Waals surface area contributed by atoms with E-state index in [1.165, 1.54) is 23.9 Å². The van der Waals surface area contributed by atoms with Crippen LogP contribution < -0.4 is 5.32 Å². The first-order valence-corrected chi connectivity index (χ1v) is 8.04. The second-order valence-corrected chi connectivity index (χ2v) is 6.73. The standard InChI is InChI=1S/C17H18N2O3S/c1-11-4-9-16(12(2)10-11)18-17(20)13(3)23-15-7-5-14(6-8-15)19(21)22/h4-10,13H,1-3H3,(H,18,20). The van der Waals surface area contributed by atoms with Crippen molar-refractivity contribution in [3.63, 3.8) is 0 Å². The third-order valence-corrected chi connectivity index (χ3v) is 4.48. The summed E-state index contributed by atoms with van der Waals surface area (Å²) in [6.07, 6.45) is 0. The highest BCUT2D eigenvalue weighted by Crippen LogP contribution is 2.26. The second-order valence-electron chi connectivity index (χ2n) is 5.32. The molecular formula is C17H18N2O3S. The zero-order chi connectivity index (χ0) is 17.0. The normalized spacial score (nSPS) is 11.8. The van der Waals surface area contributed by atoms with Crippen LogP contribution in [0.4, 0.5) is 11.4 Å². The lowest BCUT2D eigenvalue weighted by atomic mass is 10.1. The molecule has 0 saturated heterocycles. The Bertz CT molecular complexity index is 729. The number of nitro benzene ring substituents is 1. The molecule has 0 aromatic heterocycles. The molecule has 1 unspecified atom stereocenters. The summed E-state index contributed by atoms with van der Waals surface area (Å²) in [5.41, 5.74) is 3.01. The molecule has 2 aromatic carbocycles. The highest BCUT2D eigenvalue weighted by Gasteiger charge is 2.16. The van der Waals surface area contributed by atoms with E-state index in [1.54, 1.807) is 12.1 Å². The fourth-order valence-corrected chi connectivity index (χ4v) is 2.96. The Hall–Kier alpha value is -2.34. The van der Waals surface area contributed by atoms with Crippen molar-refractivity contribution in [3.8, 4) is 0 Å². The van der Waals surface area contributed by atoms with Gasteiger partial charge < -0.3 is 5.32 Å². The van der Waals surface area contributed by atoms with Gasteiger partial charge in [-0.15, -0.1) is 11.8 Å². The van der Waals surface area contributed by atoms with E-state index in [-0.39, 0.29) is 16.8 Å². The van der Waals surface area contributed by atoms with Gasteiger partial charge in [0.25, 0.3) is 5.69 Å². The second kappa shape index (κ2) is 7.28. The lowest BCUT2D eigenvalue weighted by Gasteiger charge is -2.14. The molecule has 1 amide bonds. The zero-order valence-electron chi connectivity index (χ0n) is 13.2. The summed E-state index contributed by atoms with van der Waals surface area (Å²) >= 11 is 1.37. The minimum atomic E-state index is -0.440. The summed E-state index contributed by atoms with van der Waals surface area (Å²) in [6.45, 7) is 5.77. The van der Waals surface area contributed by atoms with E-state index in [1.807, 2.05) is 39.0 Å². The first kappa shape index (κ1) is 17.0. The molecule has 0 spiro atoms. The van der Waals surface area contributed by atoms with Gasteiger partial charge in [0.05, 0.1) is 10.2 Å². The highest BCUT2D eigenvalue weighted by atomic mass is 32.2. The van der Waals surface area contributed by atoms with Crippen molar-refractivity contribution in [3.05, 3.63) is 63.7 Å². The van der Waals surface area contributed by atoms with Crippen LogP contribution in [0.2, 0.25) is 0 Å². The van der Waals surface area contributed by atoms with Gasteiger partial charge in [-0.05, 0) is 44.5 Å². The molecule has 6 heteroatoms. The Balaban J connectivity index is 2.00. The van der Waals surface area contributed by atoms with Crippen LogP contribution >= 0.6 is 11.8 Å². The highest BCUT2D eigenvalue weighted by molar-refractivity contribution is 8.00. The number of aryl methyl sites for hydroxylation is 2. The van der Waals surface area contributed by atoms with E-state index >= 15 is 0 Å². The largest absolute Gasteiger partial charge is 0.325 e. The molecule has 1 atom stereocenters. The Labute approximate surface area is 139 Å². The maximum absolute atomic E-state index is 12.3. The first-order chi connectivity index (χ1) is 10.9. The van der Waals surface area contributed by atoms with Crippen molar-refractivity contribution in [1.29, 1.82) is 0 Å². The quantitative estimate of drug-likeness (QED) is 0.503. The summed E-state index contributed by atoms with van der Waals surface area (Å²) in [7, 11) is 0. The lowest BCUT2D eigenvalue weighted by Crippen LogP contribution is -2.22. The van der Waals surface area contributed by atoms with Crippen LogP contribution in [0, 0.1) is 24.0 Å². The molecule has 2 rings (SSSR count). The molecule has 23 heavy (non-hydrogen) atoms. The Morgan fingerprint density at radius 2 is 1.83 bits per heavy atom. The molecule has 0 saturated carbocycles. The van der Waals surface area contributed by atoms with Gasteiger partial charge in [-0.3, -0.25) is 14.9 Å². The summed E-state index contributed by atoms with van der Waals surface area (Å²) in [4.78, 5) is 23.3. The number of thioether (sulfide) groups is 1. The van der Waals surface area contributed by atoms with Gasteiger partial charge in [0, 0.05) is 22.7 Å². The number of rotatable bonds is 5. The summed E-state index contributed by atoms with van der Waals surface area (Å²) < 4.78 is 0. The van der Waals surface area contributed by atoms with Crippen LogP contribution in [0.5, 0.6) is 0 Å². The predicted molar refractivity (Wildman–Crippen MR) is 93.0 cm³/mol. The molecule has 0 aliphatic rings. The van der Waals surface area contributed by atoms with Gasteiger partial charge in [0.15, 0.2) is 0 Å². The number of carbonyl (C=O) groups excluding carboxylic acids is 1. The molecule has 0 heterocycles. The first-order valence-electron chi connectivity index (χ1n) is 7.16. The molecule has 0 aliphatic carbocycles. The number of anilines is 1. The molecule has 5 nitrogen and oxygen atoms in total. The van der Waals surface area contributed by atoms with E-state index in [0.29, 0.717) is 0 Å². The monoisotopic (exact) mass is 330 g/mol. The third-order valence-electron chi connectivity index (χ3n) is 3.37. The van der Waals surface area contributed by atoms with E-state index in [2.05, 4.69) is 5.32 Å². The van der Waals surface area contributed by atoms with E-state index in [0.717, 1.165) is 21.7 Å². The fraction of sp³-hybridized carbons (Fsp3) is 0.235. The Kier molecular flexibility index (Phi) is 5.39. The van der Waals surface area contributed by atoms with Crippen molar-refractivity contribution in [1.82, 2.24) is 0 Å². The number of benzene rings is 2. The van der Waals surface area contributed by atoms with Crippen molar-refractivity contribution in [2.45, 2.75) is 30.9 Å². The van der Waals surface area contributed by atoms with E-state index in [9.17, 15) is 14.9 Å². The van der Waals surface area contributed by atoms with Crippen LogP contribution in [0.25, 0.3) is 0 Å². The number of nitrogens with zero attached hydrogens (tertiary/aromatic N) is 1. The Morgan fingerprint density at radius 1 is 1.17 bits per heavy atom. The van der Waals surface area contributed by atoms with Gasteiger partial charge >= 0.3 is 0 Å². The van der Waals surface area contributed by atoms with Gasteiger partial charge in [0.1, 0.15) is 0 Å². The molecule has 0 bridgehead atoms. The maximum Gasteiger partial charge on any atom is 0.269 e. The molecule has 0 fully saturated rings. The molecule has 0 radical (unpaired) electrons. The molecule has 120 valence electrons. The number of amides is 1. The summed E-state index contributed by atoms with van der Waals surface area (Å²) in [6, 6.07) is 12.1. The minimum Gasteiger partial charge on any atom is -0.325 e. The van der Waals surface area contributed by atoms with Crippen molar-refractivity contribution in [2.75, 3.05) is 5.32 Å². The van der Waals surface area contributed by atoms with E-state index < -0.39 is 4.92 Å². The smallest absolute Gasteiger partial charge is 0.269 e. The number of non-ortho nitro benzene ring substituents is 1. The topological polar surface area (TPSA) is 72.2 Å². The molecular weight excluding hydrogens is 312 g/mol. The van der Waals surface area contributed by atoms with Crippen molar-refractivity contribution < 1.29 is 9.72 Å². The number of nitrogens with one attached hydrogen (secondary N) is 1. The molecule has 1 N–H and O–H groups in total. The number of hydrogen-bond donors (Lipinski definition) is 1. The summed E-state index contributed by atoms with van der Waals surface area (Å²) in [5, 5.41) is 13.2. The lowest BCUT2D eigenvalue weighted by molar-refractivity contribution is -0.384. The predicted octanol–water partition coefficient (Wildman–Crippen LogP) is 4.33. The van der Waals surface area contributed by atoms with Crippen LogP contribution in [0.1, 0.15) is 18.1 Å². The summed E-state index contributed by atoms with van der Waals surface area (Å²) in [5.74, 6) is -0.0969. The molecule has 2 aromatic rings. The van der Waals surface area contributed by atoms with Crippen LogP contribution in [-0.2, 0) is 4.79 Å². The molecule has 0 aliphatic heterocycles. The van der Waals surface area contributed by atoms with Gasteiger partial charge in [-0.25, -0.2) is 0 Å². The average molecular weight is 330 g/mol. The van der Waals surface area contributed by atoms with Crippen molar-refractivity contribution >= 4 is 29.0 Å². The SMILES string of the molecule is Cc1ccc(NC(=O)C(C)Sc2ccc([N+](=O)[O-])cc2)c(C)c1. The van der Waals surface area contributed by atoms with Crippen LogP contribution in [0.15, 0.2) is 47.4 Å². The van der Waals surface area contributed by atoms with Gasteiger partial charge in [0.2, 0.25) is 5.91 Å². The average Bonchev–Trinajstić information content (AvgIpc) is 2.50. The third kappa shape index (κ3) is 4.56. The minimum absolute atomic E-state index is 0.0433. The van der Waals surface area contributed by atoms with Crippen LogP contribution in [0.3, 0.4) is 0 Å². The Morgan fingerprint density at radius 3 is 2.39 bits per heavy atom. The van der Waals surface area contributed by atoms with Crippen molar-refractivity contribution in [2.24, 2.45) is 0 Å². The van der Waals surface area contributed by atoms with Crippen LogP contribution in [-0.4, -0.2) is 16.1 Å².